The number of benzene rings is 1. The maximum absolute atomic E-state index is 13.0. The molecule has 0 radical (unpaired) electrons. The van der Waals surface area contributed by atoms with Gasteiger partial charge in [-0.1, -0.05) is 6.92 Å². The van der Waals surface area contributed by atoms with Crippen molar-refractivity contribution in [2.45, 2.75) is 39.3 Å². The van der Waals surface area contributed by atoms with Gasteiger partial charge in [0, 0.05) is 32.0 Å². The molecule has 1 aromatic carbocycles. The van der Waals surface area contributed by atoms with Crippen molar-refractivity contribution in [3.8, 4) is 5.75 Å². The number of guanidine groups is 1. The normalized spacial score (nSPS) is 21.4. The van der Waals surface area contributed by atoms with Gasteiger partial charge in [-0.25, -0.2) is 14.4 Å². The van der Waals surface area contributed by atoms with Crippen LogP contribution in [-0.4, -0.2) is 52.7 Å². The lowest BCUT2D eigenvalue weighted by Crippen LogP contribution is -2.49. The minimum atomic E-state index is -0.265. The van der Waals surface area contributed by atoms with Gasteiger partial charge in [-0.2, -0.15) is 0 Å². The summed E-state index contributed by atoms with van der Waals surface area (Å²) in [5.41, 5.74) is 0. The topological polar surface area (TPSA) is 54.7 Å². The molecule has 0 bridgehead atoms. The van der Waals surface area contributed by atoms with Gasteiger partial charge in [0.05, 0.1) is 18.9 Å². The lowest BCUT2D eigenvalue weighted by Gasteiger charge is -2.39. The number of halogens is 1. The molecule has 1 N–H and O–H groups in total. The number of aromatic nitrogens is 2. The van der Waals surface area contributed by atoms with Crippen molar-refractivity contribution in [2.75, 3.05) is 26.2 Å². The zero-order valence-electron chi connectivity index (χ0n) is 16.9. The molecule has 3 atom stereocenters. The fourth-order valence-corrected chi connectivity index (χ4v) is 3.52. The minimum absolute atomic E-state index is 0.104. The summed E-state index contributed by atoms with van der Waals surface area (Å²) in [4.78, 5) is 11.3. The van der Waals surface area contributed by atoms with Gasteiger partial charge >= 0.3 is 0 Å². The van der Waals surface area contributed by atoms with Gasteiger partial charge in [-0.05, 0) is 50.5 Å². The molecule has 0 spiro atoms. The predicted octanol–water partition coefficient (Wildman–Crippen LogP) is 3.34. The first-order chi connectivity index (χ1) is 13.6. The van der Waals surface area contributed by atoms with Gasteiger partial charge in [0.15, 0.2) is 5.96 Å². The van der Waals surface area contributed by atoms with Gasteiger partial charge < -0.3 is 19.5 Å². The Balaban J connectivity index is 1.63. The summed E-state index contributed by atoms with van der Waals surface area (Å²) in [7, 11) is 0. The van der Waals surface area contributed by atoms with Crippen LogP contribution >= 0.6 is 0 Å². The first kappa shape index (κ1) is 20.2. The third-order valence-corrected chi connectivity index (χ3v) is 5.11. The highest BCUT2D eigenvalue weighted by Crippen LogP contribution is 2.27. The Morgan fingerprint density at radius 3 is 2.86 bits per heavy atom. The summed E-state index contributed by atoms with van der Waals surface area (Å²) in [5.74, 6) is 1.89. The van der Waals surface area contributed by atoms with E-state index in [-0.39, 0.29) is 11.9 Å². The number of likely N-dealkylation sites (tertiary alicyclic amines) is 1. The van der Waals surface area contributed by atoms with E-state index in [0.717, 1.165) is 32.0 Å². The largest absolute Gasteiger partial charge is 0.489 e. The van der Waals surface area contributed by atoms with Crippen molar-refractivity contribution in [1.29, 1.82) is 0 Å². The Morgan fingerprint density at radius 1 is 1.39 bits per heavy atom. The number of nitrogens with one attached hydrogen (secondary N) is 1. The summed E-state index contributed by atoms with van der Waals surface area (Å²) in [6.07, 6.45) is 6.77. The van der Waals surface area contributed by atoms with Gasteiger partial charge in [-0.3, -0.25) is 0 Å². The van der Waals surface area contributed by atoms with E-state index in [4.69, 9.17) is 9.73 Å². The van der Waals surface area contributed by atoms with Crippen LogP contribution in [0.5, 0.6) is 5.75 Å². The minimum Gasteiger partial charge on any atom is -0.489 e. The molecule has 3 unspecified atom stereocenters. The molecule has 2 aromatic rings. The van der Waals surface area contributed by atoms with E-state index in [0.29, 0.717) is 24.3 Å². The van der Waals surface area contributed by atoms with Crippen LogP contribution in [-0.2, 0) is 0 Å². The Bertz CT molecular complexity index is 747. The Morgan fingerprint density at radius 2 is 2.18 bits per heavy atom. The molecule has 1 aliphatic rings. The van der Waals surface area contributed by atoms with Crippen LogP contribution in [0.4, 0.5) is 4.39 Å². The second kappa shape index (κ2) is 9.57. The average Bonchev–Trinajstić information content (AvgIpc) is 3.22. The average molecular weight is 388 g/mol. The molecule has 1 saturated heterocycles. The van der Waals surface area contributed by atoms with Crippen molar-refractivity contribution >= 4 is 5.96 Å². The Hall–Kier alpha value is -2.57. The zero-order valence-corrected chi connectivity index (χ0v) is 16.9. The van der Waals surface area contributed by atoms with Crippen molar-refractivity contribution < 1.29 is 9.13 Å². The smallest absolute Gasteiger partial charge is 0.194 e. The van der Waals surface area contributed by atoms with E-state index in [1.54, 1.807) is 12.1 Å². The molecule has 7 heteroatoms. The predicted molar refractivity (Wildman–Crippen MR) is 109 cm³/mol. The molecule has 2 heterocycles. The van der Waals surface area contributed by atoms with Crippen molar-refractivity contribution in [3.63, 3.8) is 0 Å². The molecule has 28 heavy (non-hydrogen) atoms. The van der Waals surface area contributed by atoms with Crippen LogP contribution < -0.4 is 10.1 Å². The first-order valence-corrected chi connectivity index (χ1v) is 9.99. The molecular formula is C21H30FN5O. The number of aliphatic imine (C=N–C) groups is 1. The fraction of sp³-hybridized carbons (Fsp3) is 0.524. The van der Waals surface area contributed by atoms with E-state index in [2.05, 4.69) is 33.6 Å². The van der Waals surface area contributed by atoms with Crippen LogP contribution in [0.2, 0.25) is 0 Å². The number of ether oxygens (including phenoxy) is 1. The van der Waals surface area contributed by atoms with Gasteiger partial charge in [0.2, 0.25) is 0 Å². The van der Waals surface area contributed by atoms with E-state index >= 15 is 0 Å². The third kappa shape index (κ3) is 5.24. The Labute approximate surface area is 166 Å². The number of rotatable bonds is 6. The molecule has 1 fully saturated rings. The van der Waals surface area contributed by atoms with E-state index < -0.39 is 0 Å². The summed E-state index contributed by atoms with van der Waals surface area (Å²) in [5, 5.41) is 3.41. The highest BCUT2D eigenvalue weighted by Gasteiger charge is 2.28. The quantitative estimate of drug-likeness (QED) is 0.610. The summed E-state index contributed by atoms with van der Waals surface area (Å²) >= 11 is 0. The first-order valence-electron chi connectivity index (χ1n) is 9.99. The lowest BCUT2D eigenvalue weighted by molar-refractivity contribution is 0.187. The molecule has 0 saturated carbocycles. The van der Waals surface area contributed by atoms with Gasteiger partial charge in [0.1, 0.15) is 17.7 Å². The number of nitrogens with zero attached hydrogens (tertiary/aromatic N) is 4. The van der Waals surface area contributed by atoms with Crippen LogP contribution in [0.25, 0.3) is 0 Å². The molecule has 6 nitrogen and oxygen atoms in total. The third-order valence-electron chi connectivity index (χ3n) is 5.11. The molecule has 1 aromatic heterocycles. The molecule has 3 rings (SSSR count). The van der Waals surface area contributed by atoms with Crippen molar-refractivity contribution in [2.24, 2.45) is 10.9 Å². The van der Waals surface area contributed by atoms with E-state index in [1.807, 2.05) is 25.6 Å². The maximum atomic E-state index is 13.0. The highest BCUT2D eigenvalue weighted by atomic mass is 19.1. The highest BCUT2D eigenvalue weighted by molar-refractivity contribution is 5.80. The molecule has 0 amide bonds. The zero-order chi connectivity index (χ0) is 19.9. The van der Waals surface area contributed by atoms with Crippen LogP contribution in [0.1, 0.15) is 33.2 Å². The van der Waals surface area contributed by atoms with Crippen LogP contribution in [0, 0.1) is 11.7 Å². The van der Waals surface area contributed by atoms with Crippen molar-refractivity contribution in [3.05, 3.63) is 48.8 Å². The van der Waals surface area contributed by atoms with E-state index in [1.165, 1.54) is 12.1 Å². The number of imidazole rings is 1. The second-order valence-corrected chi connectivity index (χ2v) is 7.37. The van der Waals surface area contributed by atoms with Crippen LogP contribution in [0.15, 0.2) is 48.0 Å². The van der Waals surface area contributed by atoms with Crippen molar-refractivity contribution in [1.82, 2.24) is 19.8 Å². The number of hydrogen-bond donors (Lipinski definition) is 1. The molecule has 1 aliphatic heterocycles. The SMILES string of the molecule is CCNC(=NCC(C)Oc1ccc(F)cc1)N1CCC(C)C(n2ccnc2)C1. The molecule has 0 aliphatic carbocycles. The van der Waals surface area contributed by atoms with Gasteiger partial charge in [-0.15, -0.1) is 0 Å². The standard InChI is InChI=1S/C21H30FN5O/c1-4-24-21(25-13-17(3)28-19-7-5-18(22)6-8-19)26-11-9-16(2)20(14-26)27-12-10-23-15-27/h5-8,10,12,15-17,20H,4,9,11,13-14H2,1-3H3,(H,24,25). The Kier molecular flexibility index (Phi) is 6.90. The monoisotopic (exact) mass is 387 g/mol. The second-order valence-electron chi connectivity index (χ2n) is 7.37. The van der Waals surface area contributed by atoms with E-state index in [9.17, 15) is 4.39 Å². The van der Waals surface area contributed by atoms with Gasteiger partial charge in [0.25, 0.3) is 0 Å². The number of piperidine rings is 1. The molecular weight excluding hydrogens is 357 g/mol. The summed E-state index contributed by atoms with van der Waals surface area (Å²) in [6.45, 7) is 9.57. The molecule has 152 valence electrons. The van der Waals surface area contributed by atoms with Crippen LogP contribution in [0.3, 0.4) is 0 Å². The summed E-state index contributed by atoms with van der Waals surface area (Å²) in [6, 6.07) is 6.47. The lowest BCUT2D eigenvalue weighted by atomic mass is 9.93. The summed E-state index contributed by atoms with van der Waals surface area (Å²) < 4.78 is 21.1. The fourth-order valence-electron chi connectivity index (χ4n) is 3.52. The number of hydrogen-bond acceptors (Lipinski definition) is 3. The maximum Gasteiger partial charge on any atom is 0.194 e.